The topological polar surface area (TPSA) is 164 Å². The average Bonchev–Trinajstić information content (AvgIpc) is 2.94. The standard InChI is InChI=1S/C30H39NO10/c1-18(33)39-27-26(35)24(11-13-31-2)40-30(37)28(27)41-29(36)22(16-21-8-10-23(34)25(17-21)38-3)9-7-19-5-4-6-20(15-19)12-14-32/h4-6,8,10,15-17,24,26-28,30-32,34-35,37H,7,9,11-14H2,1-3H3/b22-16+/t24-,26-,27+,28+,30+/m0/s1. The van der Waals surface area contributed by atoms with E-state index in [9.17, 15) is 30.0 Å². The highest BCUT2D eigenvalue weighted by Crippen LogP contribution is 2.30. The first-order chi connectivity index (χ1) is 19.7. The summed E-state index contributed by atoms with van der Waals surface area (Å²) in [5, 5.41) is 43.8. The number of aliphatic hydroxyl groups excluding tert-OH is 3. The number of methoxy groups -OCH3 is 1. The molecule has 224 valence electrons. The van der Waals surface area contributed by atoms with Gasteiger partial charge in [-0.05, 0) is 74.2 Å². The van der Waals surface area contributed by atoms with E-state index in [2.05, 4.69) is 5.32 Å². The fourth-order valence-electron chi connectivity index (χ4n) is 4.65. The lowest BCUT2D eigenvalue weighted by Gasteiger charge is -2.41. The molecule has 5 N–H and O–H groups in total. The number of aliphatic hydroxyl groups is 3. The third-order valence-corrected chi connectivity index (χ3v) is 6.74. The number of hydrogen-bond donors (Lipinski definition) is 5. The van der Waals surface area contributed by atoms with E-state index >= 15 is 0 Å². The first-order valence-electron chi connectivity index (χ1n) is 13.5. The number of carbonyl (C=O) groups is 2. The van der Waals surface area contributed by atoms with Crippen LogP contribution in [-0.4, -0.2) is 90.4 Å². The maximum absolute atomic E-state index is 13.6. The lowest BCUT2D eigenvalue weighted by molar-refractivity contribution is -0.289. The van der Waals surface area contributed by atoms with Crippen LogP contribution in [-0.2, 0) is 36.6 Å². The minimum atomic E-state index is -1.65. The van der Waals surface area contributed by atoms with Crippen molar-refractivity contribution >= 4 is 18.0 Å². The second kappa shape index (κ2) is 15.5. The molecule has 0 bridgehead atoms. The van der Waals surface area contributed by atoms with Gasteiger partial charge in [0.05, 0.1) is 13.2 Å². The molecule has 1 fully saturated rings. The molecule has 1 saturated heterocycles. The Labute approximate surface area is 239 Å². The molecule has 0 spiro atoms. The number of ether oxygens (including phenoxy) is 4. The number of phenols is 1. The fourth-order valence-corrected chi connectivity index (χ4v) is 4.65. The van der Waals surface area contributed by atoms with Gasteiger partial charge in [-0.1, -0.05) is 30.3 Å². The summed E-state index contributed by atoms with van der Waals surface area (Å²) in [7, 11) is 3.13. The molecule has 11 nitrogen and oxygen atoms in total. The minimum Gasteiger partial charge on any atom is -0.504 e. The third-order valence-electron chi connectivity index (χ3n) is 6.74. The molecule has 1 heterocycles. The predicted octanol–water partition coefficient (Wildman–Crippen LogP) is 1.48. The zero-order valence-electron chi connectivity index (χ0n) is 23.5. The summed E-state index contributed by atoms with van der Waals surface area (Å²) in [6, 6.07) is 12.2. The van der Waals surface area contributed by atoms with E-state index < -0.39 is 42.6 Å². The molecular formula is C30H39NO10. The van der Waals surface area contributed by atoms with Crippen molar-refractivity contribution in [2.75, 3.05) is 27.3 Å². The lowest BCUT2D eigenvalue weighted by Crippen LogP contribution is -2.60. The number of hydrogen-bond acceptors (Lipinski definition) is 11. The van der Waals surface area contributed by atoms with Crippen molar-refractivity contribution in [1.82, 2.24) is 5.32 Å². The van der Waals surface area contributed by atoms with Crippen LogP contribution in [0.1, 0.15) is 36.5 Å². The Morgan fingerprint density at radius 1 is 1.05 bits per heavy atom. The van der Waals surface area contributed by atoms with Gasteiger partial charge in [-0.25, -0.2) is 4.79 Å². The van der Waals surface area contributed by atoms with E-state index in [0.717, 1.165) is 18.1 Å². The molecular weight excluding hydrogens is 534 g/mol. The van der Waals surface area contributed by atoms with Crippen LogP contribution in [0.2, 0.25) is 0 Å². The van der Waals surface area contributed by atoms with Crippen molar-refractivity contribution in [3.8, 4) is 11.5 Å². The van der Waals surface area contributed by atoms with Crippen LogP contribution in [0.15, 0.2) is 48.0 Å². The van der Waals surface area contributed by atoms with Crippen molar-refractivity contribution in [1.29, 1.82) is 0 Å². The van der Waals surface area contributed by atoms with Gasteiger partial charge in [-0.2, -0.15) is 0 Å². The van der Waals surface area contributed by atoms with Gasteiger partial charge in [0.1, 0.15) is 6.10 Å². The molecule has 1 aliphatic rings. The molecule has 0 amide bonds. The predicted molar refractivity (Wildman–Crippen MR) is 149 cm³/mol. The number of benzene rings is 2. The molecule has 41 heavy (non-hydrogen) atoms. The Hall–Kier alpha value is -3.48. The van der Waals surface area contributed by atoms with Crippen molar-refractivity contribution < 1.29 is 49.0 Å². The van der Waals surface area contributed by atoms with Crippen LogP contribution < -0.4 is 10.1 Å². The number of phenolic OH excluding ortho intramolecular Hbond substituents is 1. The average molecular weight is 574 g/mol. The number of aryl methyl sites for hydroxylation is 1. The van der Waals surface area contributed by atoms with Crippen LogP contribution in [0.5, 0.6) is 11.5 Å². The SMILES string of the molecule is CNCC[C@@H]1O[C@@H](O)[C@H](OC(=O)/C(=C/c2ccc(O)c(OC)c2)CCc2cccc(CCO)c2)[C@H](OC(C)=O)[C@H]1O. The van der Waals surface area contributed by atoms with E-state index in [1.165, 1.54) is 13.2 Å². The molecule has 1 aliphatic heterocycles. The Morgan fingerprint density at radius 2 is 1.78 bits per heavy atom. The number of nitrogens with one attached hydrogen (secondary N) is 1. The number of carbonyl (C=O) groups excluding carboxylic acids is 2. The summed E-state index contributed by atoms with van der Waals surface area (Å²) in [5.74, 6) is -1.38. The Bertz CT molecular complexity index is 1200. The summed E-state index contributed by atoms with van der Waals surface area (Å²) in [6.45, 7) is 1.64. The molecule has 0 aliphatic carbocycles. The Balaban J connectivity index is 1.89. The molecule has 0 unspecified atom stereocenters. The Morgan fingerprint density at radius 3 is 2.44 bits per heavy atom. The van der Waals surface area contributed by atoms with Gasteiger partial charge < -0.3 is 44.7 Å². The number of aromatic hydroxyl groups is 1. The molecule has 3 rings (SSSR count). The molecule has 11 heteroatoms. The summed E-state index contributed by atoms with van der Waals surface area (Å²) >= 11 is 0. The first kappa shape index (κ1) is 32.0. The van der Waals surface area contributed by atoms with Gasteiger partial charge in [0, 0.05) is 19.1 Å². The molecule has 2 aromatic rings. The molecule has 5 atom stereocenters. The van der Waals surface area contributed by atoms with Crippen molar-refractivity contribution in [3.05, 3.63) is 64.7 Å². The summed E-state index contributed by atoms with van der Waals surface area (Å²) < 4.78 is 21.7. The van der Waals surface area contributed by atoms with Gasteiger partial charge in [0.25, 0.3) is 0 Å². The highest BCUT2D eigenvalue weighted by molar-refractivity contribution is 5.94. The van der Waals surface area contributed by atoms with Crippen LogP contribution in [0, 0.1) is 0 Å². The van der Waals surface area contributed by atoms with Crippen molar-refractivity contribution in [2.45, 2.75) is 63.3 Å². The maximum Gasteiger partial charge on any atom is 0.334 e. The minimum absolute atomic E-state index is 0.0145. The largest absolute Gasteiger partial charge is 0.504 e. The van der Waals surface area contributed by atoms with Gasteiger partial charge in [-0.15, -0.1) is 0 Å². The Kier molecular flexibility index (Phi) is 12.1. The zero-order valence-corrected chi connectivity index (χ0v) is 23.5. The summed E-state index contributed by atoms with van der Waals surface area (Å²) in [5.41, 5.74) is 2.64. The van der Waals surface area contributed by atoms with Gasteiger partial charge in [0.15, 0.2) is 30.0 Å². The smallest absolute Gasteiger partial charge is 0.334 e. The molecule has 0 radical (unpaired) electrons. The van der Waals surface area contributed by atoms with E-state index in [1.807, 2.05) is 24.3 Å². The van der Waals surface area contributed by atoms with E-state index in [4.69, 9.17) is 18.9 Å². The summed E-state index contributed by atoms with van der Waals surface area (Å²) in [6.07, 6.45) is -3.65. The normalized spacial score (nSPS) is 22.7. The maximum atomic E-state index is 13.6. The molecule has 0 saturated carbocycles. The lowest BCUT2D eigenvalue weighted by atomic mass is 9.96. The van der Waals surface area contributed by atoms with Gasteiger partial charge >= 0.3 is 11.9 Å². The van der Waals surface area contributed by atoms with Gasteiger partial charge in [0.2, 0.25) is 0 Å². The number of rotatable bonds is 13. The molecule has 0 aromatic heterocycles. The van der Waals surface area contributed by atoms with Gasteiger partial charge in [-0.3, -0.25) is 4.79 Å². The van der Waals surface area contributed by atoms with Crippen molar-refractivity contribution in [3.63, 3.8) is 0 Å². The highest BCUT2D eigenvalue weighted by atomic mass is 16.7. The first-order valence-corrected chi connectivity index (χ1v) is 13.5. The monoisotopic (exact) mass is 573 g/mol. The summed E-state index contributed by atoms with van der Waals surface area (Å²) in [4.78, 5) is 25.4. The van der Waals surface area contributed by atoms with Crippen LogP contribution in [0.4, 0.5) is 0 Å². The fraction of sp³-hybridized carbons (Fsp3) is 0.467. The van der Waals surface area contributed by atoms with E-state index in [0.29, 0.717) is 31.4 Å². The van der Waals surface area contributed by atoms with Crippen LogP contribution >= 0.6 is 0 Å². The van der Waals surface area contributed by atoms with Crippen LogP contribution in [0.3, 0.4) is 0 Å². The molecule has 2 aromatic carbocycles. The second-order valence-corrected chi connectivity index (χ2v) is 9.79. The highest BCUT2D eigenvalue weighted by Gasteiger charge is 2.49. The second-order valence-electron chi connectivity index (χ2n) is 9.79. The third kappa shape index (κ3) is 9.00. The van der Waals surface area contributed by atoms with E-state index in [-0.39, 0.29) is 30.1 Å². The van der Waals surface area contributed by atoms with Crippen LogP contribution in [0.25, 0.3) is 6.08 Å². The quantitative estimate of drug-likeness (QED) is 0.174. The van der Waals surface area contributed by atoms with E-state index in [1.54, 1.807) is 25.3 Å². The van der Waals surface area contributed by atoms with Crippen molar-refractivity contribution in [2.24, 2.45) is 0 Å². The number of esters is 2. The zero-order chi connectivity index (χ0) is 29.9.